The Hall–Kier alpha value is -4.21. The van der Waals surface area contributed by atoms with Crippen molar-refractivity contribution in [2.75, 3.05) is 29.4 Å². The number of pyridine rings is 1. The van der Waals surface area contributed by atoms with Gasteiger partial charge in [0.1, 0.15) is 29.3 Å². The molecule has 6 rings (SSSR count). The minimum Gasteiger partial charge on any atom is -0.450 e. The molecule has 2 aliphatic rings. The van der Waals surface area contributed by atoms with Crippen molar-refractivity contribution < 1.29 is 19.0 Å². The second kappa shape index (κ2) is 9.68. The lowest BCUT2D eigenvalue weighted by atomic mass is 10.0. The van der Waals surface area contributed by atoms with E-state index in [9.17, 15) is 9.18 Å². The van der Waals surface area contributed by atoms with Crippen LogP contribution in [0.3, 0.4) is 0 Å². The fourth-order valence-electron chi connectivity index (χ4n) is 5.38. The molecule has 9 nitrogen and oxygen atoms in total. The lowest BCUT2D eigenvalue weighted by molar-refractivity contribution is 0.0415. The molecule has 2 saturated heterocycles. The number of rotatable bonds is 5. The van der Waals surface area contributed by atoms with Gasteiger partial charge >= 0.3 is 6.16 Å². The summed E-state index contributed by atoms with van der Waals surface area (Å²) in [5, 5.41) is 13.8. The maximum absolute atomic E-state index is 13.9. The smallest absolute Gasteiger partial charge is 0.450 e. The van der Waals surface area contributed by atoms with E-state index in [2.05, 4.69) is 14.8 Å². The highest BCUT2D eigenvalue weighted by Gasteiger charge is 2.28. The fraction of sp³-hybridized carbons (Fsp3) is 0.333. The van der Waals surface area contributed by atoms with Crippen LogP contribution >= 0.6 is 0 Å². The Bertz CT molecular complexity index is 1430. The Balaban J connectivity index is 1.27. The van der Waals surface area contributed by atoms with E-state index in [1.807, 2.05) is 40.9 Å². The van der Waals surface area contributed by atoms with E-state index in [0.29, 0.717) is 25.9 Å². The zero-order valence-electron chi connectivity index (χ0n) is 20.2. The van der Waals surface area contributed by atoms with Crippen molar-refractivity contribution in [2.24, 2.45) is 0 Å². The van der Waals surface area contributed by atoms with E-state index < -0.39 is 6.16 Å². The van der Waals surface area contributed by atoms with Gasteiger partial charge in [-0.2, -0.15) is 0 Å². The molecule has 0 bridgehead atoms. The van der Waals surface area contributed by atoms with Gasteiger partial charge in [-0.3, -0.25) is 0 Å². The summed E-state index contributed by atoms with van der Waals surface area (Å²) < 4.78 is 20.7. The van der Waals surface area contributed by atoms with Crippen molar-refractivity contribution in [1.82, 2.24) is 19.6 Å². The number of hydrogen-bond donors (Lipinski definition) is 1. The normalized spacial score (nSPS) is 18.5. The first-order chi connectivity index (χ1) is 18.0. The van der Waals surface area contributed by atoms with Gasteiger partial charge in [-0.05, 0) is 54.8 Å². The number of ether oxygens (including phenoxy) is 1. The van der Waals surface area contributed by atoms with E-state index in [-0.39, 0.29) is 18.0 Å². The predicted octanol–water partition coefficient (Wildman–Crippen LogP) is 4.94. The molecule has 0 saturated carbocycles. The van der Waals surface area contributed by atoms with Crippen molar-refractivity contribution in [3.8, 4) is 11.4 Å². The number of carboxylic acid groups (broad SMARTS) is 1. The number of fused-ring (bicyclic) bond motifs is 1. The van der Waals surface area contributed by atoms with Gasteiger partial charge in [0.25, 0.3) is 0 Å². The highest BCUT2D eigenvalue weighted by molar-refractivity contribution is 5.63. The standard InChI is InChI=1S/C27H27FN6O3/c28-19-5-1-4-18(16-19)22-7-3-13-33(22)26-10-9-24-29-17-23(34(24)31-26)21-6-2-8-25(30-21)32-14-11-20(12-15-32)37-27(35)36/h1-2,4-6,8-10,16-17,20,22H,3,7,11-15H2,(H,35,36). The van der Waals surface area contributed by atoms with Gasteiger partial charge in [-0.25, -0.2) is 23.7 Å². The third-order valence-electron chi connectivity index (χ3n) is 7.16. The quantitative estimate of drug-likeness (QED) is 0.384. The van der Waals surface area contributed by atoms with Gasteiger partial charge in [-0.1, -0.05) is 18.2 Å². The molecule has 0 radical (unpaired) electrons. The average molecular weight is 503 g/mol. The molecule has 1 N–H and O–H groups in total. The second-order valence-electron chi connectivity index (χ2n) is 9.46. The number of hydrogen-bond acceptors (Lipinski definition) is 7. The second-order valence-corrected chi connectivity index (χ2v) is 9.46. The summed E-state index contributed by atoms with van der Waals surface area (Å²) in [5.41, 5.74) is 3.21. The van der Waals surface area contributed by atoms with Crippen molar-refractivity contribution in [2.45, 2.75) is 37.8 Å². The number of anilines is 2. The largest absolute Gasteiger partial charge is 0.506 e. The summed E-state index contributed by atoms with van der Waals surface area (Å²) in [4.78, 5) is 24.6. The average Bonchev–Trinajstić information content (AvgIpc) is 3.56. The van der Waals surface area contributed by atoms with Crippen LogP contribution < -0.4 is 9.80 Å². The molecule has 190 valence electrons. The summed E-state index contributed by atoms with van der Waals surface area (Å²) >= 11 is 0. The lowest BCUT2D eigenvalue weighted by Gasteiger charge is -2.32. The number of halogens is 1. The lowest BCUT2D eigenvalue weighted by Crippen LogP contribution is -2.38. The molecule has 1 aromatic carbocycles. The topological polar surface area (TPSA) is 96.1 Å². The molecule has 2 fully saturated rings. The monoisotopic (exact) mass is 502 g/mol. The number of piperidine rings is 1. The molecule has 1 unspecified atom stereocenters. The van der Waals surface area contributed by atoms with Gasteiger partial charge in [0.05, 0.1) is 17.9 Å². The summed E-state index contributed by atoms with van der Waals surface area (Å²) in [6, 6.07) is 16.6. The molecule has 4 aromatic rings. The first-order valence-corrected chi connectivity index (χ1v) is 12.5. The molecule has 2 aliphatic heterocycles. The third kappa shape index (κ3) is 4.66. The summed E-state index contributed by atoms with van der Waals surface area (Å²) in [5.74, 6) is 1.41. The van der Waals surface area contributed by atoms with E-state index in [0.717, 1.165) is 53.6 Å². The van der Waals surface area contributed by atoms with E-state index >= 15 is 0 Å². The van der Waals surface area contributed by atoms with Crippen LogP contribution in [0.15, 0.2) is 60.8 Å². The highest BCUT2D eigenvalue weighted by Crippen LogP contribution is 2.36. The molecule has 0 aliphatic carbocycles. The SMILES string of the molecule is O=C(O)OC1CCN(c2cccc(-c3cnc4ccc(N5CCCC5c5cccc(F)c5)nn34)n2)CC1. The zero-order chi connectivity index (χ0) is 25.4. The molecular formula is C27H27FN6O3. The summed E-state index contributed by atoms with van der Waals surface area (Å²) in [6.45, 7) is 2.18. The van der Waals surface area contributed by atoms with Gasteiger partial charge in [0.15, 0.2) is 5.65 Å². The Morgan fingerprint density at radius 1 is 1.00 bits per heavy atom. The van der Waals surface area contributed by atoms with Gasteiger partial charge < -0.3 is 19.6 Å². The Morgan fingerprint density at radius 3 is 2.65 bits per heavy atom. The van der Waals surface area contributed by atoms with Crippen LogP contribution in [0.4, 0.5) is 20.8 Å². The molecule has 37 heavy (non-hydrogen) atoms. The minimum absolute atomic E-state index is 0.0714. The molecule has 0 spiro atoms. The molecular weight excluding hydrogens is 475 g/mol. The fourth-order valence-corrected chi connectivity index (χ4v) is 5.38. The van der Waals surface area contributed by atoms with Crippen LogP contribution in [-0.4, -0.2) is 56.6 Å². The molecule has 3 aromatic heterocycles. The number of benzene rings is 1. The molecule has 0 amide bonds. The minimum atomic E-state index is -1.23. The highest BCUT2D eigenvalue weighted by atomic mass is 19.1. The molecule has 10 heteroatoms. The van der Waals surface area contributed by atoms with Crippen LogP contribution in [0.2, 0.25) is 0 Å². The summed E-state index contributed by atoms with van der Waals surface area (Å²) in [7, 11) is 0. The van der Waals surface area contributed by atoms with Crippen LogP contribution in [0.1, 0.15) is 37.3 Å². The van der Waals surface area contributed by atoms with Crippen molar-refractivity contribution >= 4 is 23.4 Å². The van der Waals surface area contributed by atoms with Crippen LogP contribution in [0.5, 0.6) is 0 Å². The van der Waals surface area contributed by atoms with Gasteiger partial charge in [-0.15, -0.1) is 5.10 Å². The number of aromatic nitrogens is 4. The number of imidazole rings is 1. The number of nitrogens with zero attached hydrogens (tertiary/aromatic N) is 6. The van der Waals surface area contributed by atoms with Gasteiger partial charge in [0.2, 0.25) is 0 Å². The summed E-state index contributed by atoms with van der Waals surface area (Å²) in [6.07, 6.45) is 3.48. The Kier molecular flexibility index (Phi) is 6.07. The zero-order valence-corrected chi connectivity index (χ0v) is 20.2. The van der Waals surface area contributed by atoms with Crippen LogP contribution in [-0.2, 0) is 4.74 Å². The molecule has 5 heterocycles. The molecule has 1 atom stereocenters. The third-order valence-corrected chi connectivity index (χ3v) is 7.16. The van der Waals surface area contributed by atoms with Crippen molar-refractivity contribution in [1.29, 1.82) is 0 Å². The first kappa shape index (κ1) is 23.2. The number of carbonyl (C=O) groups is 1. The first-order valence-electron chi connectivity index (χ1n) is 12.5. The van der Waals surface area contributed by atoms with Crippen molar-refractivity contribution in [3.63, 3.8) is 0 Å². The Labute approximate surface area is 213 Å². The van der Waals surface area contributed by atoms with E-state index in [1.54, 1.807) is 18.3 Å². The predicted molar refractivity (Wildman–Crippen MR) is 136 cm³/mol. The van der Waals surface area contributed by atoms with Gasteiger partial charge in [0, 0.05) is 32.5 Å². The Morgan fingerprint density at radius 2 is 1.84 bits per heavy atom. The van der Waals surface area contributed by atoms with Crippen LogP contribution in [0.25, 0.3) is 17.0 Å². The van der Waals surface area contributed by atoms with E-state index in [4.69, 9.17) is 19.9 Å². The maximum atomic E-state index is 13.9. The van der Waals surface area contributed by atoms with Crippen molar-refractivity contribution in [3.05, 3.63) is 72.2 Å². The van der Waals surface area contributed by atoms with E-state index in [1.165, 1.54) is 6.07 Å². The maximum Gasteiger partial charge on any atom is 0.506 e. The van der Waals surface area contributed by atoms with Crippen LogP contribution in [0, 0.1) is 5.82 Å².